The summed E-state index contributed by atoms with van der Waals surface area (Å²) in [6.07, 6.45) is 1.89. The van der Waals surface area contributed by atoms with Crippen LogP contribution in [0.4, 0.5) is 5.69 Å². The summed E-state index contributed by atoms with van der Waals surface area (Å²) in [5, 5.41) is 13.1. The number of benzene rings is 1. The Morgan fingerprint density at radius 3 is 3.12 bits per heavy atom. The molecule has 2 N–H and O–H groups in total. The molecule has 0 spiro atoms. The lowest BCUT2D eigenvalue weighted by molar-refractivity contribution is 0.154. The second kappa shape index (κ2) is 4.07. The van der Waals surface area contributed by atoms with Crippen LogP contribution >= 0.6 is 0 Å². The average Bonchev–Trinajstić information content (AvgIpc) is 2.76. The molecular formula is C13H18N2O. The van der Waals surface area contributed by atoms with Gasteiger partial charge in [-0.2, -0.15) is 0 Å². The number of hydrogen-bond donors (Lipinski definition) is 2. The molecule has 2 heterocycles. The van der Waals surface area contributed by atoms with Gasteiger partial charge < -0.3 is 15.3 Å². The van der Waals surface area contributed by atoms with Crippen LogP contribution in [0.1, 0.15) is 24.0 Å². The third kappa shape index (κ3) is 1.70. The van der Waals surface area contributed by atoms with Crippen LogP contribution in [0.15, 0.2) is 18.2 Å². The first-order valence-electron chi connectivity index (χ1n) is 6.09. The maximum atomic E-state index is 9.73. The molecule has 0 saturated carbocycles. The smallest absolute Gasteiger partial charge is 0.0715 e. The van der Waals surface area contributed by atoms with Gasteiger partial charge >= 0.3 is 0 Å². The first-order valence-corrected chi connectivity index (χ1v) is 6.09. The van der Waals surface area contributed by atoms with Gasteiger partial charge in [-0.1, -0.05) is 12.1 Å². The summed E-state index contributed by atoms with van der Waals surface area (Å²) in [5.74, 6) is 0. The van der Waals surface area contributed by atoms with Crippen molar-refractivity contribution in [2.45, 2.75) is 32.0 Å². The minimum absolute atomic E-state index is 0.154. The fourth-order valence-corrected chi connectivity index (χ4v) is 2.78. The van der Waals surface area contributed by atoms with Crippen molar-refractivity contribution in [2.24, 2.45) is 0 Å². The molecule has 0 bridgehead atoms. The summed E-state index contributed by atoms with van der Waals surface area (Å²) >= 11 is 0. The zero-order valence-corrected chi connectivity index (χ0v) is 9.45. The topological polar surface area (TPSA) is 35.5 Å². The molecule has 3 nitrogen and oxygen atoms in total. The van der Waals surface area contributed by atoms with Gasteiger partial charge in [0, 0.05) is 31.9 Å². The van der Waals surface area contributed by atoms with E-state index in [1.807, 2.05) is 0 Å². The van der Waals surface area contributed by atoms with E-state index in [0.29, 0.717) is 0 Å². The molecular weight excluding hydrogens is 200 g/mol. The van der Waals surface area contributed by atoms with E-state index < -0.39 is 0 Å². The van der Waals surface area contributed by atoms with Crippen molar-refractivity contribution in [3.8, 4) is 0 Å². The molecule has 1 unspecified atom stereocenters. The largest absolute Gasteiger partial charge is 0.391 e. The number of aliphatic hydroxyl groups excluding tert-OH is 1. The fraction of sp³-hybridized carbons (Fsp3) is 0.538. The predicted octanol–water partition coefficient (Wildman–Crippen LogP) is 1.25. The van der Waals surface area contributed by atoms with Crippen molar-refractivity contribution in [2.75, 3.05) is 18.0 Å². The van der Waals surface area contributed by atoms with E-state index in [4.69, 9.17) is 0 Å². The molecule has 0 radical (unpaired) electrons. The normalized spacial score (nSPS) is 24.6. The summed E-state index contributed by atoms with van der Waals surface area (Å²) in [6, 6.07) is 6.51. The first kappa shape index (κ1) is 10.1. The van der Waals surface area contributed by atoms with E-state index in [9.17, 15) is 5.11 Å². The van der Waals surface area contributed by atoms with Crippen LogP contribution in [-0.2, 0) is 13.1 Å². The van der Waals surface area contributed by atoms with E-state index in [0.717, 1.165) is 39.0 Å². The van der Waals surface area contributed by atoms with E-state index in [-0.39, 0.29) is 6.10 Å². The lowest BCUT2D eigenvalue weighted by Crippen LogP contribution is -2.38. The molecule has 3 rings (SSSR count). The molecule has 1 atom stereocenters. The van der Waals surface area contributed by atoms with Crippen LogP contribution in [0.2, 0.25) is 0 Å². The molecule has 1 aromatic carbocycles. The predicted molar refractivity (Wildman–Crippen MR) is 64.4 cm³/mol. The maximum absolute atomic E-state index is 9.73. The highest BCUT2D eigenvalue weighted by molar-refractivity contribution is 5.58. The van der Waals surface area contributed by atoms with Gasteiger partial charge in [0.25, 0.3) is 0 Å². The highest BCUT2D eigenvalue weighted by atomic mass is 16.3. The zero-order chi connectivity index (χ0) is 11.0. The minimum Gasteiger partial charge on any atom is -0.391 e. The Balaban J connectivity index is 1.91. The highest BCUT2D eigenvalue weighted by Crippen LogP contribution is 2.29. The molecule has 1 aromatic rings. The number of hydrogen-bond acceptors (Lipinski definition) is 3. The molecule has 3 heteroatoms. The van der Waals surface area contributed by atoms with Crippen LogP contribution in [-0.4, -0.2) is 24.3 Å². The molecule has 2 aliphatic heterocycles. The van der Waals surface area contributed by atoms with Gasteiger partial charge in [0.2, 0.25) is 0 Å². The molecule has 2 aliphatic rings. The van der Waals surface area contributed by atoms with Crippen molar-refractivity contribution in [3.63, 3.8) is 0 Å². The summed E-state index contributed by atoms with van der Waals surface area (Å²) in [5.41, 5.74) is 4.16. The second-order valence-electron chi connectivity index (χ2n) is 4.76. The SMILES string of the molecule is OC1CCCN(c2cccc3c2CNC3)C1. The Morgan fingerprint density at radius 2 is 2.25 bits per heavy atom. The fourth-order valence-electron chi connectivity index (χ4n) is 2.78. The number of nitrogens with zero attached hydrogens (tertiary/aromatic N) is 1. The molecule has 1 fully saturated rings. The second-order valence-corrected chi connectivity index (χ2v) is 4.76. The van der Waals surface area contributed by atoms with Gasteiger partial charge in [-0.25, -0.2) is 0 Å². The number of β-amino-alcohol motifs (C(OH)–C–C–N with tert-alkyl or cyclic N) is 1. The molecule has 0 aromatic heterocycles. The Morgan fingerprint density at radius 1 is 1.31 bits per heavy atom. The number of aliphatic hydroxyl groups is 1. The number of piperidine rings is 1. The van der Waals surface area contributed by atoms with Crippen LogP contribution in [0.5, 0.6) is 0 Å². The third-order valence-electron chi connectivity index (χ3n) is 3.60. The van der Waals surface area contributed by atoms with Crippen LogP contribution in [0.25, 0.3) is 0 Å². The average molecular weight is 218 g/mol. The first-order chi connectivity index (χ1) is 7.84. The number of rotatable bonds is 1. The Bertz CT molecular complexity index is 392. The monoisotopic (exact) mass is 218 g/mol. The van der Waals surface area contributed by atoms with Gasteiger partial charge in [0.1, 0.15) is 0 Å². The van der Waals surface area contributed by atoms with Gasteiger partial charge in [-0.3, -0.25) is 0 Å². The third-order valence-corrected chi connectivity index (χ3v) is 3.60. The van der Waals surface area contributed by atoms with Gasteiger partial charge in [-0.05, 0) is 30.0 Å². The van der Waals surface area contributed by atoms with Crippen molar-refractivity contribution < 1.29 is 5.11 Å². The van der Waals surface area contributed by atoms with Crippen molar-refractivity contribution in [3.05, 3.63) is 29.3 Å². The van der Waals surface area contributed by atoms with E-state index >= 15 is 0 Å². The summed E-state index contributed by atoms with van der Waals surface area (Å²) < 4.78 is 0. The van der Waals surface area contributed by atoms with Crippen molar-refractivity contribution in [1.29, 1.82) is 0 Å². The Hall–Kier alpha value is -1.06. The van der Waals surface area contributed by atoms with Crippen LogP contribution < -0.4 is 10.2 Å². The lowest BCUT2D eigenvalue weighted by atomic mass is 10.0. The highest BCUT2D eigenvalue weighted by Gasteiger charge is 2.22. The van der Waals surface area contributed by atoms with Crippen molar-refractivity contribution in [1.82, 2.24) is 5.32 Å². The maximum Gasteiger partial charge on any atom is 0.0715 e. The van der Waals surface area contributed by atoms with Gasteiger partial charge in [0.15, 0.2) is 0 Å². The van der Waals surface area contributed by atoms with Crippen LogP contribution in [0.3, 0.4) is 0 Å². The zero-order valence-electron chi connectivity index (χ0n) is 9.45. The lowest BCUT2D eigenvalue weighted by Gasteiger charge is -2.33. The molecule has 0 aliphatic carbocycles. The summed E-state index contributed by atoms with van der Waals surface area (Å²) in [6.45, 7) is 3.82. The standard InChI is InChI=1S/C13H18N2O/c16-11-4-2-6-15(9-11)13-5-1-3-10-7-14-8-12(10)13/h1,3,5,11,14,16H,2,4,6-9H2. The quantitative estimate of drug-likeness (QED) is 0.744. The number of anilines is 1. The summed E-state index contributed by atoms with van der Waals surface area (Å²) in [7, 11) is 0. The molecule has 0 amide bonds. The number of fused-ring (bicyclic) bond motifs is 1. The molecule has 16 heavy (non-hydrogen) atoms. The summed E-state index contributed by atoms with van der Waals surface area (Å²) in [4.78, 5) is 2.33. The Labute approximate surface area is 96.1 Å². The van der Waals surface area contributed by atoms with Gasteiger partial charge in [0.05, 0.1) is 6.10 Å². The molecule has 86 valence electrons. The van der Waals surface area contributed by atoms with Gasteiger partial charge in [-0.15, -0.1) is 0 Å². The van der Waals surface area contributed by atoms with E-state index in [2.05, 4.69) is 28.4 Å². The minimum atomic E-state index is -0.154. The van der Waals surface area contributed by atoms with Crippen molar-refractivity contribution >= 4 is 5.69 Å². The molecule has 1 saturated heterocycles. The van der Waals surface area contributed by atoms with E-state index in [1.165, 1.54) is 16.8 Å². The Kier molecular flexibility index (Phi) is 2.58. The number of nitrogens with one attached hydrogen (secondary N) is 1. The van der Waals surface area contributed by atoms with E-state index in [1.54, 1.807) is 0 Å². The van der Waals surface area contributed by atoms with Crippen LogP contribution in [0, 0.1) is 0 Å².